The normalized spacial score (nSPS) is 17.2. The molecule has 3 rings (SSSR count). The van der Waals surface area contributed by atoms with Gasteiger partial charge in [0.05, 0.1) is 18.7 Å². The number of carbonyl (C=O) groups is 1. The molecule has 0 spiro atoms. The lowest BCUT2D eigenvalue weighted by Crippen LogP contribution is -2.37. The number of methoxy groups -OCH3 is 1. The SMILES string of the molecule is COc1cc(Br)cc2nc([C@@H]3CCCN3C(=O)OC(C)(C)C)n(COCC[Si](C)(C)C)c12. The molecule has 2 aromatic rings. The van der Waals surface area contributed by atoms with Crippen LogP contribution >= 0.6 is 15.9 Å². The molecular weight excluding hydrogens is 490 g/mol. The van der Waals surface area contributed by atoms with Crippen molar-refractivity contribution in [1.29, 1.82) is 0 Å². The number of amides is 1. The third kappa shape index (κ3) is 6.05. The molecule has 1 amide bonds. The molecule has 1 aliphatic rings. The summed E-state index contributed by atoms with van der Waals surface area (Å²) in [6.45, 7) is 14.4. The molecule has 7 nitrogen and oxygen atoms in total. The number of ether oxygens (including phenoxy) is 3. The van der Waals surface area contributed by atoms with Crippen LogP contribution in [0.5, 0.6) is 5.75 Å². The quantitative estimate of drug-likeness (QED) is 0.318. The Labute approximate surface area is 200 Å². The van der Waals surface area contributed by atoms with Gasteiger partial charge in [-0.1, -0.05) is 35.6 Å². The molecule has 0 aliphatic carbocycles. The summed E-state index contributed by atoms with van der Waals surface area (Å²) in [6.07, 6.45) is 1.44. The van der Waals surface area contributed by atoms with Crippen LogP contribution in [0.4, 0.5) is 4.79 Å². The maximum Gasteiger partial charge on any atom is 0.410 e. The Morgan fingerprint density at radius 2 is 2.00 bits per heavy atom. The standard InChI is InChI=1S/C23H36BrN3O4Si/c1-23(2,3)31-22(28)26-10-8-9-18(26)21-25-17-13-16(24)14-19(29-4)20(17)27(21)15-30-11-12-32(5,6)7/h13-14,18H,8-12,15H2,1-7H3/t18-/m0/s1. The minimum Gasteiger partial charge on any atom is -0.494 e. The highest BCUT2D eigenvalue weighted by molar-refractivity contribution is 9.10. The Morgan fingerprint density at radius 3 is 2.62 bits per heavy atom. The Balaban J connectivity index is 1.98. The lowest BCUT2D eigenvalue weighted by Gasteiger charge is -2.28. The second-order valence-electron chi connectivity index (χ2n) is 10.6. The number of aromatic nitrogens is 2. The molecule has 0 radical (unpaired) electrons. The number of fused-ring (bicyclic) bond motifs is 1. The molecule has 0 bridgehead atoms. The van der Waals surface area contributed by atoms with Gasteiger partial charge < -0.3 is 14.2 Å². The summed E-state index contributed by atoms with van der Waals surface area (Å²) in [7, 11) is 0.463. The predicted octanol–water partition coefficient (Wildman–Crippen LogP) is 6.19. The van der Waals surface area contributed by atoms with Crippen molar-refractivity contribution in [2.75, 3.05) is 20.3 Å². The predicted molar refractivity (Wildman–Crippen MR) is 133 cm³/mol. The monoisotopic (exact) mass is 525 g/mol. The molecule has 0 N–H and O–H groups in total. The van der Waals surface area contributed by atoms with E-state index < -0.39 is 13.7 Å². The van der Waals surface area contributed by atoms with Gasteiger partial charge in [0.2, 0.25) is 0 Å². The lowest BCUT2D eigenvalue weighted by atomic mass is 10.2. The molecule has 2 heterocycles. The van der Waals surface area contributed by atoms with E-state index >= 15 is 0 Å². The maximum absolute atomic E-state index is 12.9. The summed E-state index contributed by atoms with van der Waals surface area (Å²) in [5.74, 6) is 1.54. The lowest BCUT2D eigenvalue weighted by molar-refractivity contribution is 0.0205. The molecule has 1 fully saturated rings. The number of carbonyl (C=O) groups excluding carboxylic acids is 1. The third-order valence-electron chi connectivity index (χ3n) is 5.42. The number of imidazole rings is 1. The summed E-state index contributed by atoms with van der Waals surface area (Å²) in [4.78, 5) is 19.7. The zero-order valence-corrected chi connectivity index (χ0v) is 22.9. The minimum atomic E-state index is -1.20. The van der Waals surface area contributed by atoms with Crippen molar-refractivity contribution in [2.24, 2.45) is 0 Å². The van der Waals surface area contributed by atoms with Crippen LogP contribution in [0, 0.1) is 0 Å². The highest BCUT2D eigenvalue weighted by Crippen LogP contribution is 2.38. The molecule has 1 aliphatic heterocycles. The van der Waals surface area contributed by atoms with Crippen LogP contribution in [0.15, 0.2) is 16.6 Å². The van der Waals surface area contributed by atoms with Crippen LogP contribution in [0.3, 0.4) is 0 Å². The van der Waals surface area contributed by atoms with Crippen LogP contribution in [0.1, 0.15) is 45.5 Å². The maximum atomic E-state index is 12.9. The molecule has 32 heavy (non-hydrogen) atoms. The molecule has 1 atom stereocenters. The fourth-order valence-electron chi connectivity index (χ4n) is 3.86. The van der Waals surface area contributed by atoms with Gasteiger partial charge in [0.25, 0.3) is 0 Å². The average molecular weight is 527 g/mol. The van der Waals surface area contributed by atoms with Crippen LogP contribution < -0.4 is 4.74 Å². The largest absolute Gasteiger partial charge is 0.494 e. The summed E-state index contributed by atoms with van der Waals surface area (Å²) >= 11 is 3.55. The summed E-state index contributed by atoms with van der Waals surface area (Å²) in [5, 5.41) is 0. The molecule has 178 valence electrons. The first-order valence-electron chi connectivity index (χ1n) is 11.2. The number of likely N-dealkylation sites (tertiary alicyclic amines) is 1. The van der Waals surface area contributed by atoms with Crippen molar-refractivity contribution in [2.45, 2.75) is 77.7 Å². The summed E-state index contributed by atoms with van der Waals surface area (Å²) in [5.41, 5.74) is 1.16. The van der Waals surface area contributed by atoms with Crippen LogP contribution in [-0.2, 0) is 16.2 Å². The highest BCUT2D eigenvalue weighted by atomic mass is 79.9. The Kier molecular flexibility index (Phi) is 7.61. The van der Waals surface area contributed by atoms with Gasteiger partial charge in [-0.25, -0.2) is 9.78 Å². The van der Waals surface area contributed by atoms with Gasteiger partial charge in [-0.05, 0) is 51.8 Å². The number of rotatable bonds is 7. The van der Waals surface area contributed by atoms with E-state index in [1.165, 1.54) is 0 Å². The zero-order chi connectivity index (χ0) is 23.7. The Hall–Kier alpha value is -1.58. The van der Waals surface area contributed by atoms with Crippen molar-refractivity contribution in [3.05, 3.63) is 22.4 Å². The smallest absolute Gasteiger partial charge is 0.410 e. The first kappa shape index (κ1) is 25.0. The topological polar surface area (TPSA) is 65.8 Å². The van der Waals surface area contributed by atoms with Crippen molar-refractivity contribution in [3.63, 3.8) is 0 Å². The van der Waals surface area contributed by atoms with Crippen molar-refractivity contribution in [1.82, 2.24) is 14.5 Å². The zero-order valence-electron chi connectivity index (χ0n) is 20.3. The van der Waals surface area contributed by atoms with E-state index in [9.17, 15) is 4.79 Å². The number of hydrogen-bond donors (Lipinski definition) is 0. The van der Waals surface area contributed by atoms with Gasteiger partial charge >= 0.3 is 6.09 Å². The molecular formula is C23H36BrN3O4Si. The molecule has 0 saturated carbocycles. The van der Waals surface area contributed by atoms with Gasteiger partial charge in [0, 0.05) is 25.7 Å². The Morgan fingerprint density at radius 1 is 1.28 bits per heavy atom. The summed E-state index contributed by atoms with van der Waals surface area (Å²) in [6, 6.07) is 4.84. The number of halogens is 1. The van der Waals surface area contributed by atoms with Crippen molar-refractivity contribution in [3.8, 4) is 5.75 Å². The van der Waals surface area contributed by atoms with E-state index in [1.54, 1.807) is 12.0 Å². The van der Waals surface area contributed by atoms with Crippen LogP contribution in [0.2, 0.25) is 25.7 Å². The van der Waals surface area contributed by atoms with E-state index in [4.69, 9.17) is 19.2 Å². The van der Waals surface area contributed by atoms with E-state index in [1.807, 2.05) is 32.9 Å². The summed E-state index contributed by atoms with van der Waals surface area (Å²) < 4.78 is 20.4. The van der Waals surface area contributed by atoms with Crippen molar-refractivity contribution >= 4 is 41.1 Å². The number of benzene rings is 1. The molecule has 9 heteroatoms. The van der Waals surface area contributed by atoms with Gasteiger partial charge in [0.15, 0.2) is 0 Å². The molecule has 0 unspecified atom stereocenters. The number of nitrogens with zero attached hydrogens (tertiary/aromatic N) is 3. The average Bonchev–Trinajstić information content (AvgIpc) is 3.27. The first-order valence-corrected chi connectivity index (χ1v) is 15.7. The van der Waals surface area contributed by atoms with E-state index in [0.717, 1.165) is 46.0 Å². The molecule has 1 aromatic carbocycles. The van der Waals surface area contributed by atoms with E-state index in [2.05, 4.69) is 40.1 Å². The second-order valence-corrected chi connectivity index (χ2v) is 17.1. The first-order chi connectivity index (χ1) is 14.9. The fourth-order valence-corrected chi connectivity index (χ4v) is 5.05. The minimum absolute atomic E-state index is 0.165. The van der Waals surface area contributed by atoms with Crippen LogP contribution in [-0.4, -0.2) is 54.5 Å². The molecule has 1 aromatic heterocycles. The second kappa shape index (κ2) is 9.73. The highest BCUT2D eigenvalue weighted by Gasteiger charge is 2.36. The van der Waals surface area contributed by atoms with Crippen LogP contribution in [0.25, 0.3) is 11.0 Å². The van der Waals surface area contributed by atoms with E-state index in [-0.39, 0.29) is 12.1 Å². The van der Waals surface area contributed by atoms with Gasteiger partial charge in [-0.3, -0.25) is 9.47 Å². The molecule has 1 saturated heterocycles. The van der Waals surface area contributed by atoms with Gasteiger partial charge in [0.1, 0.15) is 29.4 Å². The third-order valence-corrected chi connectivity index (χ3v) is 7.58. The Bertz CT molecular complexity index is 965. The van der Waals surface area contributed by atoms with Gasteiger partial charge in [-0.2, -0.15) is 0 Å². The van der Waals surface area contributed by atoms with E-state index in [0.29, 0.717) is 19.9 Å². The fraction of sp³-hybridized carbons (Fsp3) is 0.652. The van der Waals surface area contributed by atoms with Crippen molar-refractivity contribution < 1.29 is 19.0 Å². The number of hydrogen-bond acceptors (Lipinski definition) is 5. The van der Waals surface area contributed by atoms with Gasteiger partial charge in [-0.15, -0.1) is 0 Å².